The maximum absolute atomic E-state index is 13.8. The number of fused-ring (bicyclic) bond motifs is 1. The average molecular weight is 431 g/mol. The topological polar surface area (TPSA) is 38.1 Å². The quantitative estimate of drug-likeness (QED) is 0.384. The zero-order valence-electron chi connectivity index (χ0n) is 17.5. The molecule has 0 bridgehead atoms. The van der Waals surface area contributed by atoms with Crippen molar-refractivity contribution in [2.24, 2.45) is 5.92 Å². The largest absolute Gasteiger partial charge is 0.327 e. The molecule has 0 radical (unpaired) electrons. The smallest absolute Gasteiger partial charge is 0.254 e. The lowest BCUT2D eigenvalue weighted by Gasteiger charge is -2.23. The van der Waals surface area contributed by atoms with E-state index in [1.807, 2.05) is 54.6 Å². The van der Waals surface area contributed by atoms with Crippen molar-refractivity contribution in [1.82, 2.24) is 14.5 Å². The van der Waals surface area contributed by atoms with Gasteiger partial charge in [0.2, 0.25) is 0 Å². The Labute approximate surface area is 185 Å². The van der Waals surface area contributed by atoms with Gasteiger partial charge in [0.25, 0.3) is 5.91 Å². The molecule has 1 aromatic heterocycles. The van der Waals surface area contributed by atoms with E-state index in [1.165, 1.54) is 18.9 Å². The van der Waals surface area contributed by atoms with E-state index in [1.54, 1.807) is 4.90 Å². The number of carbonyl (C=O) groups excluding carboxylic acids is 1. The molecule has 6 heteroatoms. The lowest BCUT2D eigenvalue weighted by molar-refractivity contribution is 0.0723. The normalized spacial score (nSPS) is 13.4. The van der Waals surface area contributed by atoms with Crippen LogP contribution in [0.15, 0.2) is 72.8 Å². The van der Waals surface area contributed by atoms with E-state index in [4.69, 9.17) is 4.98 Å². The molecule has 0 saturated heterocycles. The van der Waals surface area contributed by atoms with Crippen molar-refractivity contribution >= 4 is 16.9 Å². The summed E-state index contributed by atoms with van der Waals surface area (Å²) in [6.45, 7) is 1.48. The molecule has 1 heterocycles. The highest BCUT2D eigenvalue weighted by molar-refractivity contribution is 5.94. The van der Waals surface area contributed by atoms with E-state index in [0.717, 1.165) is 41.1 Å². The van der Waals surface area contributed by atoms with Gasteiger partial charge in [0, 0.05) is 18.7 Å². The molecular weight excluding hydrogens is 408 g/mol. The second-order valence-corrected chi connectivity index (χ2v) is 8.35. The number of benzene rings is 3. The van der Waals surface area contributed by atoms with Crippen LogP contribution in [0.5, 0.6) is 0 Å². The maximum atomic E-state index is 13.8. The number of nitrogens with zero attached hydrogens (tertiary/aromatic N) is 3. The zero-order chi connectivity index (χ0) is 22.1. The number of hydrogen-bond donors (Lipinski definition) is 0. The third-order valence-corrected chi connectivity index (χ3v) is 5.87. The third kappa shape index (κ3) is 4.26. The van der Waals surface area contributed by atoms with Crippen LogP contribution in [0.4, 0.5) is 8.78 Å². The van der Waals surface area contributed by atoms with Gasteiger partial charge in [-0.1, -0.05) is 42.5 Å². The van der Waals surface area contributed by atoms with Crippen LogP contribution < -0.4 is 0 Å². The molecule has 1 saturated carbocycles. The van der Waals surface area contributed by atoms with E-state index in [9.17, 15) is 13.6 Å². The van der Waals surface area contributed by atoms with Crippen LogP contribution in [0.2, 0.25) is 0 Å². The van der Waals surface area contributed by atoms with E-state index in [2.05, 4.69) is 4.57 Å². The van der Waals surface area contributed by atoms with Crippen molar-refractivity contribution in [2.45, 2.75) is 32.5 Å². The molecule has 0 atom stereocenters. The van der Waals surface area contributed by atoms with Gasteiger partial charge in [-0.3, -0.25) is 4.79 Å². The monoisotopic (exact) mass is 431 g/mol. The predicted octanol–water partition coefficient (Wildman–Crippen LogP) is 5.57. The molecule has 1 fully saturated rings. The molecule has 1 aliphatic carbocycles. The highest BCUT2D eigenvalue weighted by atomic mass is 19.2. The van der Waals surface area contributed by atoms with Gasteiger partial charge in [-0.05, 0) is 54.7 Å². The minimum atomic E-state index is -1.03. The Balaban J connectivity index is 1.52. The molecule has 4 nitrogen and oxygen atoms in total. The first-order chi connectivity index (χ1) is 15.6. The third-order valence-electron chi connectivity index (χ3n) is 5.87. The average Bonchev–Trinajstić information content (AvgIpc) is 3.57. The number of hydrogen-bond acceptors (Lipinski definition) is 2. The molecular formula is C26H23F2N3O. The van der Waals surface area contributed by atoms with E-state index < -0.39 is 11.6 Å². The highest BCUT2D eigenvalue weighted by Gasteiger charge is 2.26. The molecule has 4 aromatic rings. The summed E-state index contributed by atoms with van der Waals surface area (Å²) >= 11 is 0. The highest BCUT2D eigenvalue weighted by Crippen LogP contribution is 2.33. The molecule has 162 valence electrons. The fraction of sp³-hybridized carbons (Fsp3) is 0.231. The van der Waals surface area contributed by atoms with Gasteiger partial charge in [-0.25, -0.2) is 13.8 Å². The summed E-state index contributed by atoms with van der Waals surface area (Å²) < 4.78 is 29.5. The van der Waals surface area contributed by atoms with Gasteiger partial charge in [-0.2, -0.15) is 0 Å². The molecule has 0 unspecified atom stereocenters. The Bertz CT molecular complexity index is 1260. The summed E-state index contributed by atoms with van der Waals surface area (Å²) in [6, 6.07) is 20.9. The number of halogens is 2. The standard InChI is InChI=1S/C26H23F2N3O/c27-21-13-12-20(14-22(21)28)26(32)30(15-18-6-2-1-3-7-18)17-25-29-23-8-4-5-9-24(23)31(25)16-19-10-11-19/h1-9,12-14,19H,10-11,15-17H2. The fourth-order valence-electron chi connectivity index (χ4n) is 3.99. The van der Waals surface area contributed by atoms with Gasteiger partial charge in [0.05, 0.1) is 17.6 Å². The summed E-state index contributed by atoms with van der Waals surface area (Å²) in [7, 11) is 0. The zero-order valence-corrected chi connectivity index (χ0v) is 17.5. The Morgan fingerprint density at radius 2 is 1.69 bits per heavy atom. The van der Waals surface area contributed by atoms with Crippen LogP contribution in [0.3, 0.4) is 0 Å². The summed E-state index contributed by atoms with van der Waals surface area (Å²) in [5, 5.41) is 0. The van der Waals surface area contributed by atoms with Gasteiger partial charge in [-0.15, -0.1) is 0 Å². The Morgan fingerprint density at radius 1 is 0.938 bits per heavy atom. The second-order valence-electron chi connectivity index (χ2n) is 8.35. The van der Waals surface area contributed by atoms with Crippen LogP contribution in [0.25, 0.3) is 11.0 Å². The molecule has 0 N–H and O–H groups in total. The van der Waals surface area contributed by atoms with Crippen molar-refractivity contribution in [3.8, 4) is 0 Å². The number of amides is 1. The minimum Gasteiger partial charge on any atom is -0.327 e. The van der Waals surface area contributed by atoms with Crippen LogP contribution in [0, 0.1) is 17.6 Å². The summed E-state index contributed by atoms with van der Waals surface area (Å²) in [6.07, 6.45) is 2.40. The molecule has 5 rings (SSSR count). The van der Waals surface area contributed by atoms with Crippen molar-refractivity contribution in [1.29, 1.82) is 0 Å². The van der Waals surface area contributed by atoms with E-state index in [-0.39, 0.29) is 18.0 Å². The molecule has 32 heavy (non-hydrogen) atoms. The number of carbonyl (C=O) groups is 1. The summed E-state index contributed by atoms with van der Waals surface area (Å²) in [5.41, 5.74) is 3.01. The first-order valence-corrected chi connectivity index (χ1v) is 10.8. The molecule has 3 aromatic carbocycles. The van der Waals surface area contributed by atoms with E-state index >= 15 is 0 Å². The lowest BCUT2D eigenvalue weighted by Crippen LogP contribution is -2.31. The Hall–Kier alpha value is -3.54. The Kier molecular flexibility index (Phi) is 5.43. The summed E-state index contributed by atoms with van der Waals surface area (Å²) in [5.74, 6) is -0.933. The van der Waals surface area contributed by atoms with Crippen molar-refractivity contribution < 1.29 is 13.6 Å². The van der Waals surface area contributed by atoms with Gasteiger partial charge < -0.3 is 9.47 Å². The van der Waals surface area contributed by atoms with Crippen molar-refractivity contribution in [3.63, 3.8) is 0 Å². The summed E-state index contributed by atoms with van der Waals surface area (Å²) in [4.78, 5) is 19.8. The first-order valence-electron chi connectivity index (χ1n) is 10.8. The molecule has 0 spiro atoms. The minimum absolute atomic E-state index is 0.115. The number of rotatable bonds is 7. The van der Waals surface area contributed by atoms with Gasteiger partial charge in [0.1, 0.15) is 5.82 Å². The van der Waals surface area contributed by atoms with E-state index in [0.29, 0.717) is 12.5 Å². The molecule has 1 aliphatic rings. The van der Waals surface area contributed by atoms with Crippen LogP contribution in [-0.2, 0) is 19.6 Å². The second kappa shape index (κ2) is 8.54. The lowest BCUT2D eigenvalue weighted by atomic mass is 10.1. The SMILES string of the molecule is O=C(c1ccc(F)c(F)c1)N(Cc1ccccc1)Cc1nc2ccccc2n1CC1CC1. The van der Waals surface area contributed by atoms with Crippen LogP contribution in [-0.4, -0.2) is 20.4 Å². The van der Waals surface area contributed by atoms with Gasteiger partial charge >= 0.3 is 0 Å². The van der Waals surface area contributed by atoms with Gasteiger partial charge in [0.15, 0.2) is 11.6 Å². The fourth-order valence-corrected chi connectivity index (χ4v) is 3.99. The van der Waals surface area contributed by atoms with Crippen molar-refractivity contribution in [2.75, 3.05) is 0 Å². The number of imidazole rings is 1. The number of para-hydroxylation sites is 2. The van der Waals surface area contributed by atoms with Crippen LogP contribution >= 0.6 is 0 Å². The van der Waals surface area contributed by atoms with Crippen LogP contribution in [0.1, 0.15) is 34.6 Å². The molecule has 0 aliphatic heterocycles. The van der Waals surface area contributed by atoms with Crippen molar-refractivity contribution in [3.05, 3.63) is 101 Å². The maximum Gasteiger partial charge on any atom is 0.254 e. The molecule has 1 amide bonds. The predicted molar refractivity (Wildman–Crippen MR) is 119 cm³/mol. The first kappa shape index (κ1) is 20.4. The Morgan fingerprint density at radius 3 is 2.44 bits per heavy atom. The number of aromatic nitrogens is 2.